The fraction of sp³-hybridized carbons (Fsp3) is 0.143. The van der Waals surface area contributed by atoms with E-state index in [1.165, 1.54) is 0 Å². The molecule has 0 bridgehead atoms. The Bertz CT molecular complexity index is 569. The van der Waals surface area contributed by atoms with Gasteiger partial charge >= 0.3 is 7.60 Å². The first-order chi connectivity index (χ1) is 9.09. The van der Waals surface area contributed by atoms with Gasteiger partial charge in [0.15, 0.2) is 0 Å². The van der Waals surface area contributed by atoms with Gasteiger partial charge in [0, 0.05) is 12.7 Å². The van der Waals surface area contributed by atoms with Crippen LogP contribution in [0.4, 0.5) is 5.69 Å². The lowest BCUT2D eigenvalue weighted by Gasteiger charge is -2.13. The van der Waals surface area contributed by atoms with Gasteiger partial charge in [-0.3, -0.25) is 0 Å². The Morgan fingerprint density at radius 3 is 2.32 bits per heavy atom. The van der Waals surface area contributed by atoms with Crippen LogP contribution in [0.5, 0.6) is 5.75 Å². The highest BCUT2D eigenvalue weighted by Crippen LogP contribution is 2.45. The first kappa shape index (κ1) is 13.7. The van der Waals surface area contributed by atoms with Crippen molar-refractivity contribution >= 4 is 13.3 Å². The Labute approximate surface area is 112 Å². The number of rotatable bonds is 5. The topological polar surface area (TPSA) is 58.6 Å². The van der Waals surface area contributed by atoms with Crippen LogP contribution in [0.2, 0.25) is 0 Å². The smallest absolute Gasteiger partial charge is 0.380 e. The second-order valence-corrected chi connectivity index (χ2v) is 5.92. The van der Waals surface area contributed by atoms with E-state index in [9.17, 15) is 9.46 Å². The second kappa shape index (κ2) is 5.91. The molecule has 100 valence electrons. The van der Waals surface area contributed by atoms with Crippen molar-refractivity contribution < 1.29 is 14.0 Å². The zero-order chi connectivity index (χ0) is 13.7. The maximum Gasteiger partial charge on any atom is 0.380 e. The molecule has 0 radical (unpaired) electrons. The molecule has 0 saturated heterocycles. The number of benzene rings is 2. The van der Waals surface area contributed by atoms with Crippen molar-refractivity contribution in [2.45, 2.75) is 6.16 Å². The molecule has 0 amide bonds. The summed E-state index contributed by atoms with van der Waals surface area (Å²) in [6.45, 7) is 0. The van der Waals surface area contributed by atoms with E-state index in [-0.39, 0.29) is 6.16 Å². The van der Waals surface area contributed by atoms with Crippen molar-refractivity contribution in [1.29, 1.82) is 0 Å². The van der Waals surface area contributed by atoms with Crippen molar-refractivity contribution in [3.05, 3.63) is 60.2 Å². The molecule has 1 atom stereocenters. The molecule has 0 aliphatic heterocycles. The standard InChI is InChI=1S/C14H16NO3P/c1-15-13-9-7-12(8-10-13)11-19(16,17)18-14-5-3-2-4-6-14/h2-10,15H,11H2,1H3,(H,16,17). The third-order valence-corrected chi connectivity index (χ3v) is 3.88. The van der Waals surface area contributed by atoms with Crippen LogP contribution in [0.3, 0.4) is 0 Å². The summed E-state index contributed by atoms with van der Waals surface area (Å²) < 4.78 is 17.2. The summed E-state index contributed by atoms with van der Waals surface area (Å²) in [6, 6.07) is 16.0. The van der Waals surface area contributed by atoms with Crippen molar-refractivity contribution in [2.24, 2.45) is 0 Å². The fourth-order valence-electron chi connectivity index (χ4n) is 1.69. The predicted octanol–water partition coefficient (Wildman–Crippen LogP) is 3.49. The van der Waals surface area contributed by atoms with E-state index in [1.54, 1.807) is 24.3 Å². The summed E-state index contributed by atoms with van der Waals surface area (Å²) in [6.07, 6.45) is -0.00805. The van der Waals surface area contributed by atoms with Gasteiger partial charge in [-0.05, 0) is 29.8 Å². The van der Waals surface area contributed by atoms with Crippen LogP contribution >= 0.6 is 7.60 Å². The third kappa shape index (κ3) is 4.12. The quantitative estimate of drug-likeness (QED) is 0.821. The van der Waals surface area contributed by atoms with Gasteiger partial charge in [0.1, 0.15) is 5.75 Å². The van der Waals surface area contributed by atoms with Crippen LogP contribution in [-0.2, 0) is 10.7 Å². The molecule has 5 heteroatoms. The lowest BCUT2D eigenvalue weighted by molar-refractivity contribution is 0.378. The van der Waals surface area contributed by atoms with Gasteiger partial charge in [0.05, 0.1) is 6.16 Å². The molecule has 4 nitrogen and oxygen atoms in total. The van der Waals surface area contributed by atoms with Gasteiger partial charge in [0.2, 0.25) is 0 Å². The number of hydrogen-bond acceptors (Lipinski definition) is 3. The summed E-state index contributed by atoms with van der Waals surface area (Å²) in [7, 11) is -1.86. The molecule has 0 fully saturated rings. The number of anilines is 1. The molecule has 2 rings (SSSR count). The van der Waals surface area contributed by atoms with Gasteiger partial charge in [-0.25, -0.2) is 4.57 Å². The number of para-hydroxylation sites is 1. The molecule has 0 heterocycles. The van der Waals surface area contributed by atoms with Crippen LogP contribution in [-0.4, -0.2) is 11.9 Å². The van der Waals surface area contributed by atoms with Crippen LogP contribution in [0, 0.1) is 0 Å². The molecular formula is C14H16NO3P. The molecule has 1 unspecified atom stereocenters. The molecule has 2 N–H and O–H groups in total. The van der Waals surface area contributed by atoms with Crippen molar-refractivity contribution in [3.63, 3.8) is 0 Å². The molecule has 2 aromatic carbocycles. The summed E-state index contributed by atoms with van der Waals surface area (Å²) in [5, 5.41) is 2.99. The maximum atomic E-state index is 12.0. The Kier molecular flexibility index (Phi) is 4.25. The normalized spacial score (nSPS) is 13.6. The summed E-state index contributed by atoms with van der Waals surface area (Å²) in [5.74, 6) is 0.403. The molecule has 0 aliphatic rings. The van der Waals surface area contributed by atoms with E-state index in [0.29, 0.717) is 5.75 Å². The van der Waals surface area contributed by atoms with Crippen LogP contribution in [0.1, 0.15) is 5.56 Å². The Morgan fingerprint density at radius 1 is 1.11 bits per heavy atom. The SMILES string of the molecule is CNc1ccc(CP(=O)(O)Oc2ccccc2)cc1. The van der Waals surface area contributed by atoms with E-state index in [2.05, 4.69) is 5.32 Å². The average Bonchev–Trinajstić information content (AvgIpc) is 2.39. The highest BCUT2D eigenvalue weighted by atomic mass is 31.2. The highest BCUT2D eigenvalue weighted by Gasteiger charge is 2.21. The van der Waals surface area contributed by atoms with Gasteiger partial charge in [-0.2, -0.15) is 0 Å². The molecule has 0 aliphatic carbocycles. The van der Waals surface area contributed by atoms with E-state index < -0.39 is 7.60 Å². The van der Waals surface area contributed by atoms with Crippen molar-refractivity contribution in [2.75, 3.05) is 12.4 Å². The van der Waals surface area contributed by atoms with Gasteiger partial charge in [0.25, 0.3) is 0 Å². The molecule has 19 heavy (non-hydrogen) atoms. The molecular weight excluding hydrogens is 261 g/mol. The minimum absolute atomic E-state index is 0.00805. The maximum absolute atomic E-state index is 12.0. The second-order valence-electron chi connectivity index (χ2n) is 4.15. The van der Waals surface area contributed by atoms with E-state index in [0.717, 1.165) is 11.3 Å². The zero-order valence-corrected chi connectivity index (χ0v) is 11.5. The minimum atomic E-state index is -3.68. The highest BCUT2D eigenvalue weighted by molar-refractivity contribution is 7.52. The van der Waals surface area contributed by atoms with Crippen molar-refractivity contribution in [1.82, 2.24) is 0 Å². The number of nitrogens with one attached hydrogen (secondary N) is 1. The zero-order valence-electron chi connectivity index (χ0n) is 10.6. The first-order valence-electron chi connectivity index (χ1n) is 5.92. The molecule has 2 aromatic rings. The largest absolute Gasteiger partial charge is 0.424 e. The van der Waals surface area contributed by atoms with Crippen LogP contribution in [0.15, 0.2) is 54.6 Å². The van der Waals surface area contributed by atoms with Crippen LogP contribution < -0.4 is 9.84 Å². The third-order valence-electron chi connectivity index (χ3n) is 2.62. The Morgan fingerprint density at radius 2 is 1.74 bits per heavy atom. The molecule has 0 aromatic heterocycles. The van der Waals surface area contributed by atoms with E-state index in [4.69, 9.17) is 4.52 Å². The summed E-state index contributed by atoms with van der Waals surface area (Å²) >= 11 is 0. The summed E-state index contributed by atoms with van der Waals surface area (Å²) in [5.41, 5.74) is 1.72. The Balaban J connectivity index is 2.06. The lowest BCUT2D eigenvalue weighted by atomic mass is 10.2. The van der Waals surface area contributed by atoms with E-state index >= 15 is 0 Å². The average molecular weight is 277 g/mol. The molecule has 0 spiro atoms. The van der Waals surface area contributed by atoms with E-state index in [1.807, 2.05) is 37.4 Å². The fourth-order valence-corrected chi connectivity index (χ4v) is 2.87. The van der Waals surface area contributed by atoms with Crippen LogP contribution in [0.25, 0.3) is 0 Å². The Hall–Kier alpha value is -1.77. The first-order valence-corrected chi connectivity index (χ1v) is 7.68. The number of hydrogen-bond donors (Lipinski definition) is 2. The van der Waals surface area contributed by atoms with Gasteiger partial charge in [-0.15, -0.1) is 0 Å². The van der Waals surface area contributed by atoms with Gasteiger partial charge < -0.3 is 14.7 Å². The molecule has 0 saturated carbocycles. The monoisotopic (exact) mass is 277 g/mol. The van der Waals surface area contributed by atoms with Crippen molar-refractivity contribution in [3.8, 4) is 5.75 Å². The minimum Gasteiger partial charge on any atom is -0.424 e. The predicted molar refractivity (Wildman–Crippen MR) is 76.6 cm³/mol. The summed E-state index contributed by atoms with van der Waals surface area (Å²) in [4.78, 5) is 9.87. The van der Waals surface area contributed by atoms with Gasteiger partial charge in [-0.1, -0.05) is 30.3 Å². The lowest BCUT2D eigenvalue weighted by Crippen LogP contribution is -1.96.